The number of aliphatic hydroxyl groups is 2. The number of aromatic nitrogens is 2. The van der Waals surface area contributed by atoms with E-state index in [4.69, 9.17) is 9.47 Å². The molecule has 9 nitrogen and oxygen atoms in total. The number of fused-ring (bicyclic) bond motifs is 1. The number of amides is 1. The van der Waals surface area contributed by atoms with Crippen molar-refractivity contribution in [2.45, 2.75) is 44.6 Å². The lowest BCUT2D eigenvalue weighted by Crippen LogP contribution is -2.44. The van der Waals surface area contributed by atoms with Crippen LogP contribution in [0.15, 0.2) is 79.0 Å². The van der Waals surface area contributed by atoms with E-state index >= 15 is 0 Å². The van der Waals surface area contributed by atoms with E-state index in [1.54, 1.807) is 0 Å². The fraction of sp³-hybridized carbons (Fsp3) is 0.344. The van der Waals surface area contributed by atoms with Gasteiger partial charge in [0.05, 0.1) is 42.1 Å². The average Bonchev–Trinajstić information content (AvgIpc) is 3.42. The van der Waals surface area contributed by atoms with Gasteiger partial charge in [0.1, 0.15) is 5.69 Å². The minimum Gasteiger partial charge on any atom is -0.392 e. The Labute approximate surface area is 238 Å². The molecular weight excluding hydrogens is 520 g/mol. The summed E-state index contributed by atoms with van der Waals surface area (Å²) in [7, 11) is 0. The Morgan fingerprint density at radius 2 is 1.83 bits per heavy atom. The van der Waals surface area contributed by atoms with E-state index in [1.165, 1.54) is 6.20 Å². The number of nitrogens with zero attached hydrogens (tertiary/aromatic N) is 3. The van der Waals surface area contributed by atoms with Crippen LogP contribution in [0.25, 0.3) is 11.0 Å². The smallest absolute Gasteiger partial charge is 0.275 e. The van der Waals surface area contributed by atoms with E-state index < -0.39 is 6.29 Å². The molecule has 0 bridgehead atoms. The molecule has 1 amide bonds. The van der Waals surface area contributed by atoms with Crippen LogP contribution in [-0.4, -0.2) is 62.8 Å². The first-order chi connectivity index (χ1) is 20.0. The molecule has 2 fully saturated rings. The Hall–Kier alpha value is -3.73. The highest BCUT2D eigenvalue weighted by molar-refractivity contribution is 6.03. The lowest BCUT2D eigenvalue weighted by Gasteiger charge is -2.42. The van der Waals surface area contributed by atoms with Gasteiger partial charge in [0, 0.05) is 36.8 Å². The molecule has 0 aliphatic carbocycles. The van der Waals surface area contributed by atoms with Gasteiger partial charge in [-0.15, -0.1) is 0 Å². The van der Waals surface area contributed by atoms with Crippen molar-refractivity contribution < 1.29 is 24.5 Å². The zero-order valence-electron chi connectivity index (χ0n) is 22.9. The number of ether oxygens (including phenoxy) is 2. The van der Waals surface area contributed by atoms with Crippen LogP contribution in [-0.2, 0) is 16.1 Å². The SMILES string of the molecule is C[C@H]1[C@@H](CN2CC[C@H](O)C2)O[C@@H](c2cccc(NC(=O)c3cnc4ccccc4n3)c2)O[C@H]1c1ccc(CO)cc1. The van der Waals surface area contributed by atoms with Gasteiger partial charge in [-0.25, -0.2) is 4.98 Å². The molecule has 41 heavy (non-hydrogen) atoms. The summed E-state index contributed by atoms with van der Waals surface area (Å²) in [6, 6.07) is 22.7. The van der Waals surface area contributed by atoms with Gasteiger partial charge in [-0.2, -0.15) is 0 Å². The minimum atomic E-state index is -0.663. The zero-order valence-corrected chi connectivity index (χ0v) is 22.9. The number of β-amino-alcohol motifs (C(OH)–C–C–N with tert-alkyl or cyclic N) is 1. The maximum absolute atomic E-state index is 13.0. The summed E-state index contributed by atoms with van der Waals surface area (Å²) in [5, 5.41) is 22.5. The quantitative estimate of drug-likeness (QED) is 0.311. The summed E-state index contributed by atoms with van der Waals surface area (Å²) < 4.78 is 13.1. The first kappa shape index (κ1) is 27.4. The lowest BCUT2D eigenvalue weighted by atomic mass is 9.90. The third kappa shape index (κ3) is 6.14. The molecule has 3 aromatic carbocycles. The van der Waals surface area contributed by atoms with Crippen LogP contribution in [0.5, 0.6) is 0 Å². The van der Waals surface area contributed by atoms with Gasteiger partial charge in [-0.1, -0.05) is 55.5 Å². The molecule has 212 valence electrons. The molecule has 3 N–H and O–H groups in total. The number of hydrogen-bond donors (Lipinski definition) is 3. The number of rotatable bonds is 7. The van der Waals surface area contributed by atoms with Crippen molar-refractivity contribution >= 4 is 22.6 Å². The summed E-state index contributed by atoms with van der Waals surface area (Å²) in [5.74, 6) is -0.315. The molecule has 0 saturated carbocycles. The molecule has 3 heterocycles. The third-order valence-electron chi connectivity index (χ3n) is 7.91. The fourth-order valence-electron chi connectivity index (χ4n) is 5.59. The zero-order chi connectivity index (χ0) is 28.3. The van der Waals surface area contributed by atoms with E-state index in [1.807, 2.05) is 72.8 Å². The molecule has 1 aromatic heterocycles. The van der Waals surface area contributed by atoms with Crippen LogP contribution in [0.1, 0.15) is 52.9 Å². The Bertz CT molecular complexity index is 1510. The molecule has 2 saturated heterocycles. The second-order valence-electron chi connectivity index (χ2n) is 10.8. The van der Waals surface area contributed by atoms with Gasteiger partial charge in [0.2, 0.25) is 0 Å². The van der Waals surface area contributed by atoms with Crippen molar-refractivity contribution in [2.75, 3.05) is 25.0 Å². The first-order valence-electron chi connectivity index (χ1n) is 14.0. The average molecular weight is 555 g/mol. The molecular formula is C32H34N4O5. The van der Waals surface area contributed by atoms with Gasteiger partial charge in [0.25, 0.3) is 5.91 Å². The molecule has 0 radical (unpaired) electrons. The van der Waals surface area contributed by atoms with Gasteiger partial charge in [-0.3, -0.25) is 14.7 Å². The van der Waals surface area contributed by atoms with Crippen LogP contribution >= 0.6 is 0 Å². The van der Waals surface area contributed by atoms with Crippen molar-refractivity contribution in [3.8, 4) is 0 Å². The topological polar surface area (TPSA) is 117 Å². The highest BCUT2D eigenvalue weighted by atomic mass is 16.7. The maximum atomic E-state index is 13.0. The Morgan fingerprint density at radius 3 is 2.59 bits per heavy atom. The summed E-state index contributed by atoms with van der Waals surface area (Å²) in [5.41, 5.74) is 4.83. The number of carbonyl (C=O) groups is 1. The van der Waals surface area contributed by atoms with E-state index in [2.05, 4.69) is 27.1 Å². The number of anilines is 1. The van der Waals surface area contributed by atoms with Crippen LogP contribution in [0.4, 0.5) is 5.69 Å². The van der Waals surface area contributed by atoms with E-state index in [0.29, 0.717) is 24.3 Å². The van der Waals surface area contributed by atoms with Crippen molar-refractivity contribution in [3.63, 3.8) is 0 Å². The molecule has 9 heteroatoms. The fourth-order valence-corrected chi connectivity index (χ4v) is 5.59. The molecule has 0 unspecified atom stereocenters. The standard InChI is InChI=1S/C32H34N4O5/c1-20-29(18-36-14-13-25(38)17-36)40-32(41-30(20)22-11-9-21(19-37)10-12-22)23-5-4-6-24(15-23)34-31(39)28-16-33-26-7-2-3-8-27(26)35-28/h2-12,15-16,20,25,29-30,32,37-38H,13-14,17-19H2,1H3,(H,34,39)/t20-,25-,29+,30+,32+/m0/s1. The second-order valence-corrected chi connectivity index (χ2v) is 10.8. The Balaban J connectivity index is 1.23. The van der Waals surface area contributed by atoms with Gasteiger partial charge >= 0.3 is 0 Å². The first-order valence-corrected chi connectivity index (χ1v) is 14.0. The maximum Gasteiger partial charge on any atom is 0.275 e. The number of hydrogen-bond acceptors (Lipinski definition) is 8. The molecule has 0 spiro atoms. The highest BCUT2D eigenvalue weighted by Crippen LogP contribution is 2.42. The number of benzene rings is 3. The summed E-state index contributed by atoms with van der Waals surface area (Å²) in [6.07, 6.45) is 0.871. The molecule has 6 rings (SSSR count). The van der Waals surface area contributed by atoms with Gasteiger partial charge in [-0.05, 0) is 41.8 Å². The predicted octanol–water partition coefficient (Wildman–Crippen LogP) is 4.23. The van der Waals surface area contributed by atoms with Gasteiger partial charge in [0.15, 0.2) is 6.29 Å². The summed E-state index contributed by atoms with van der Waals surface area (Å²) in [4.78, 5) is 24.1. The van der Waals surface area contributed by atoms with Crippen LogP contribution in [0.2, 0.25) is 0 Å². The predicted molar refractivity (Wildman–Crippen MR) is 154 cm³/mol. The normalized spacial score (nSPS) is 24.9. The second kappa shape index (κ2) is 12.0. The summed E-state index contributed by atoms with van der Waals surface area (Å²) in [6.45, 7) is 4.25. The molecule has 2 aliphatic rings. The van der Waals surface area contributed by atoms with E-state index in [0.717, 1.165) is 35.2 Å². The monoisotopic (exact) mass is 554 g/mol. The third-order valence-corrected chi connectivity index (χ3v) is 7.91. The van der Waals surface area contributed by atoms with Crippen LogP contribution in [0, 0.1) is 5.92 Å². The number of nitrogens with one attached hydrogen (secondary N) is 1. The highest BCUT2D eigenvalue weighted by Gasteiger charge is 2.40. The minimum absolute atomic E-state index is 0.0176. The van der Waals surface area contributed by atoms with Crippen LogP contribution < -0.4 is 5.32 Å². The largest absolute Gasteiger partial charge is 0.392 e. The molecule has 5 atom stereocenters. The van der Waals surface area contributed by atoms with Crippen molar-refractivity contribution in [1.82, 2.24) is 14.9 Å². The van der Waals surface area contributed by atoms with Crippen molar-refractivity contribution in [2.24, 2.45) is 5.92 Å². The van der Waals surface area contributed by atoms with Crippen molar-refractivity contribution in [1.29, 1.82) is 0 Å². The Morgan fingerprint density at radius 1 is 1.02 bits per heavy atom. The number of carbonyl (C=O) groups excluding carboxylic acids is 1. The number of aliphatic hydroxyl groups excluding tert-OH is 2. The Kier molecular flexibility index (Phi) is 8.04. The van der Waals surface area contributed by atoms with E-state index in [9.17, 15) is 15.0 Å². The number of para-hydroxylation sites is 2. The lowest BCUT2D eigenvalue weighted by molar-refractivity contribution is -0.276. The van der Waals surface area contributed by atoms with Gasteiger partial charge < -0.3 is 25.0 Å². The molecule has 2 aliphatic heterocycles. The number of likely N-dealkylation sites (tertiary alicyclic amines) is 1. The van der Waals surface area contributed by atoms with Crippen LogP contribution in [0.3, 0.4) is 0 Å². The molecule has 4 aromatic rings. The van der Waals surface area contributed by atoms with E-state index in [-0.39, 0.29) is 42.4 Å². The summed E-state index contributed by atoms with van der Waals surface area (Å²) >= 11 is 0. The van der Waals surface area contributed by atoms with Crippen molar-refractivity contribution in [3.05, 3.63) is 101 Å².